The van der Waals surface area contributed by atoms with Crippen molar-refractivity contribution in [2.75, 3.05) is 23.8 Å². The SMILES string of the molecule is CCCNc1cccc(Nc2ccc(OCC)c(F)c2)n1. The van der Waals surface area contributed by atoms with E-state index in [0.717, 1.165) is 18.8 Å². The van der Waals surface area contributed by atoms with Crippen LogP contribution in [-0.4, -0.2) is 18.1 Å². The summed E-state index contributed by atoms with van der Waals surface area (Å²) in [7, 11) is 0. The van der Waals surface area contributed by atoms with Crippen molar-refractivity contribution >= 4 is 17.3 Å². The number of pyridine rings is 1. The van der Waals surface area contributed by atoms with Crippen molar-refractivity contribution in [3.8, 4) is 5.75 Å². The van der Waals surface area contributed by atoms with E-state index in [1.807, 2.05) is 25.1 Å². The zero-order valence-electron chi connectivity index (χ0n) is 12.3. The van der Waals surface area contributed by atoms with Crippen LogP contribution < -0.4 is 15.4 Å². The Bertz CT molecular complexity index is 589. The highest BCUT2D eigenvalue weighted by Crippen LogP contribution is 2.23. The van der Waals surface area contributed by atoms with Gasteiger partial charge in [-0.2, -0.15) is 0 Å². The first kappa shape index (κ1) is 15.1. The van der Waals surface area contributed by atoms with E-state index in [1.165, 1.54) is 6.07 Å². The third-order valence-corrected chi connectivity index (χ3v) is 2.81. The predicted octanol–water partition coefficient (Wildman–Crippen LogP) is 4.18. The van der Waals surface area contributed by atoms with Crippen LogP contribution in [0.15, 0.2) is 36.4 Å². The lowest BCUT2D eigenvalue weighted by atomic mass is 10.3. The summed E-state index contributed by atoms with van der Waals surface area (Å²) in [5, 5.41) is 6.30. The molecule has 21 heavy (non-hydrogen) atoms. The van der Waals surface area contributed by atoms with Crippen LogP contribution in [0.1, 0.15) is 20.3 Å². The molecule has 4 nitrogen and oxygen atoms in total. The van der Waals surface area contributed by atoms with Crippen LogP contribution in [0, 0.1) is 5.82 Å². The Kier molecular flexibility index (Phi) is 5.37. The molecule has 1 aromatic heterocycles. The normalized spacial score (nSPS) is 10.2. The molecule has 1 heterocycles. The lowest BCUT2D eigenvalue weighted by Gasteiger charge is -2.10. The average Bonchev–Trinajstić information content (AvgIpc) is 2.48. The quantitative estimate of drug-likeness (QED) is 0.802. The Morgan fingerprint density at radius 2 is 1.95 bits per heavy atom. The van der Waals surface area contributed by atoms with Crippen molar-refractivity contribution in [2.24, 2.45) is 0 Å². The number of halogens is 1. The summed E-state index contributed by atoms with van der Waals surface area (Å²) in [4.78, 5) is 4.42. The van der Waals surface area contributed by atoms with Gasteiger partial charge in [0.1, 0.15) is 11.6 Å². The number of nitrogens with zero attached hydrogens (tertiary/aromatic N) is 1. The Morgan fingerprint density at radius 1 is 1.14 bits per heavy atom. The van der Waals surface area contributed by atoms with E-state index in [-0.39, 0.29) is 11.6 Å². The fourth-order valence-electron chi connectivity index (χ4n) is 1.85. The topological polar surface area (TPSA) is 46.2 Å². The van der Waals surface area contributed by atoms with Gasteiger partial charge >= 0.3 is 0 Å². The van der Waals surface area contributed by atoms with Crippen molar-refractivity contribution in [3.63, 3.8) is 0 Å². The molecule has 0 saturated heterocycles. The van der Waals surface area contributed by atoms with Crippen molar-refractivity contribution in [2.45, 2.75) is 20.3 Å². The van der Waals surface area contributed by atoms with Gasteiger partial charge in [0.25, 0.3) is 0 Å². The number of aromatic nitrogens is 1. The standard InChI is InChI=1S/C16H20FN3O/c1-3-10-18-15-6-5-7-16(20-15)19-12-8-9-14(21-4-2)13(17)11-12/h5-9,11H,3-4,10H2,1-2H3,(H2,18,19,20). The molecular formula is C16H20FN3O. The number of rotatable bonds is 7. The minimum Gasteiger partial charge on any atom is -0.491 e. The second-order valence-corrected chi connectivity index (χ2v) is 4.54. The maximum Gasteiger partial charge on any atom is 0.167 e. The van der Waals surface area contributed by atoms with Crippen LogP contribution in [0.2, 0.25) is 0 Å². The third-order valence-electron chi connectivity index (χ3n) is 2.81. The van der Waals surface area contributed by atoms with Crippen LogP contribution in [0.4, 0.5) is 21.7 Å². The number of hydrogen-bond donors (Lipinski definition) is 2. The first-order valence-corrected chi connectivity index (χ1v) is 7.13. The smallest absolute Gasteiger partial charge is 0.167 e. The highest BCUT2D eigenvalue weighted by Gasteiger charge is 2.05. The van der Waals surface area contributed by atoms with Gasteiger partial charge in [-0.15, -0.1) is 0 Å². The average molecular weight is 289 g/mol. The Hall–Kier alpha value is -2.30. The first-order valence-electron chi connectivity index (χ1n) is 7.13. The van der Waals surface area contributed by atoms with E-state index in [0.29, 0.717) is 18.1 Å². The summed E-state index contributed by atoms with van der Waals surface area (Å²) >= 11 is 0. The maximum absolute atomic E-state index is 13.8. The molecular weight excluding hydrogens is 269 g/mol. The molecule has 0 amide bonds. The molecule has 0 spiro atoms. The monoisotopic (exact) mass is 289 g/mol. The third kappa shape index (κ3) is 4.34. The van der Waals surface area contributed by atoms with Gasteiger partial charge in [0, 0.05) is 18.3 Å². The van der Waals surface area contributed by atoms with Gasteiger partial charge in [0.05, 0.1) is 6.61 Å². The lowest BCUT2D eigenvalue weighted by Crippen LogP contribution is -2.03. The Balaban J connectivity index is 2.09. The second kappa shape index (κ2) is 7.47. The van der Waals surface area contributed by atoms with Crippen molar-refractivity contribution in [3.05, 3.63) is 42.2 Å². The zero-order valence-corrected chi connectivity index (χ0v) is 12.3. The summed E-state index contributed by atoms with van der Waals surface area (Å²) in [5.41, 5.74) is 0.635. The Labute approximate surface area is 124 Å². The Morgan fingerprint density at radius 3 is 2.67 bits per heavy atom. The molecule has 2 N–H and O–H groups in total. The summed E-state index contributed by atoms with van der Waals surface area (Å²) in [6.07, 6.45) is 1.03. The molecule has 1 aromatic carbocycles. The second-order valence-electron chi connectivity index (χ2n) is 4.54. The molecule has 0 unspecified atom stereocenters. The predicted molar refractivity (Wildman–Crippen MR) is 83.9 cm³/mol. The molecule has 0 aliphatic carbocycles. The highest BCUT2D eigenvalue weighted by atomic mass is 19.1. The van der Waals surface area contributed by atoms with Crippen molar-refractivity contribution in [1.82, 2.24) is 4.98 Å². The maximum atomic E-state index is 13.8. The molecule has 0 atom stereocenters. The molecule has 0 aliphatic rings. The van der Waals surface area contributed by atoms with E-state index < -0.39 is 0 Å². The fraction of sp³-hybridized carbons (Fsp3) is 0.312. The van der Waals surface area contributed by atoms with Crippen LogP contribution in [0.25, 0.3) is 0 Å². The number of hydrogen-bond acceptors (Lipinski definition) is 4. The number of anilines is 3. The van der Waals surface area contributed by atoms with Gasteiger partial charge in [0.15, 0.2) is 11.6 Å². The summed E-state index contributed by atoms with van der Waals surface area (Å²) < 4.78 is 19.0. The number of ether oxygens (including phenoxy) is 1. The zero-order chi connectivity index (χ0) is 15.1. The van der Waals surface area contributed by atoms with Gasteiger partial charge in [-0.1, -0.05) is 13.0 Å². The van der Waals surface area contributed by atoms with Gasteiger partial charge < -0.3 is 15.4 Å². The lowest BCUT2D eigenvalue weighted by molar-refractivity contribution is 0.321. The molecule has 5 heteroatoms. The van der Waals surface area contributed by atoms with Crippen LogP contribution in [0.5, 0.6) is 5.75 Å². The van der Waals surface area contributed by atoms with Crippen molar-refractivity contribution in [1.29, 1.82) is 0 Å². The van der Waals surface area contributed by atoms with Gasteiger partial charge in [0.2, 0.25) is 0 Å². The molecule has 112 valence electrons. The number of nitrogens with one attached hydrogen (secondary N) is 2. The minimum atomic E-state index is -0.387. The number of benzene rings is 1. The molecule has 0 radical (unpaired) electrons. The first-order chi connectivity index (χ1) is 10.2. The van der Waals surface area contributed by atoms with Gasteiger partial charge in [-0.3, -0.25) is 0 Å². The summed E-state index contributed by atoms with van der Waals surface area (Å²) in [5.74, 6) is 1.34. The van der Waals surface area contributed by atoms with Crippen LogP contribution in [-0.2, 0) is 0 Å². The molecule has 0 fully saturated rings. The van der Waals surface area contributed by atoms with E-state index in [2.05, 4.69) is 22.5 Å². The van der Waals surface area contributed by atoms with Crippen molar-refractivity contribution < 1.29 is 9.13 Å². The van der Waals surface area contributed by atoms with Crippen LogP contribution >= 0.6 is 0 Å². The molecule has 0 saturated carbocycles. The van der Waals surface area contributed by atoms with Gasteiger partial charge in [-0.05, 0) is 37.6 Å². The van der Waals surface area contributed by atoms with E-state index in [1.54, 1.807) is 12.1 Å². The fourth-order valence-corrected chi connectivity index (χ4v) is 1.85. The largest absolute Gasteiger partial charge is 0.491 e. The van der Waals surface area contributed by atoms with E-state index >= 15 is 0 Å². The van der Waals surface area contributed by atoms with Crippen LogP contribution in [0.3, 0.4) is 0 Å². The molecule has 0 aliphatic heterocycles. The molecule has 2 aromatic rings. The highest BCUT2D eigenvalue weighted by molar-refractivity contribution is 5.59. The summed E-state index contributed by atoms with van der Waals surface area (Å²) in [6.45, 7) is 5.23. The summed E-state index contributed by atoms with van der Waals surface area (Å²) in [6, 6.07) is 10.4. The molecule has 0 bridgehead atoms. The van der Waals surface area contributed by atoms with Gasteiger partial charge in [-0.25, -0.2) is 9.37 Å². The van der Waals surface area contributed by atoms with E-state index in [4.69, 9.17) is 4.74 Å². The minimum absolute atomic E-state index is 0.259. The van der Waals surface area contributed by atoms with E-state index in [9.17, 15) is 4.39 Å². The molecule has 2 rings (SSSR count).